The van der Waals surface area contributed by atoms with Crippen LogP contribution in [0.4, 0.5) is 0 Å². The largest absolute Gasteiger partial charge is 0.505 e. The quantitative estimate of drug-likeness (QED) is 0.493. The first-order valence-electron chi connectivity index (χ1n) is 6.62. The summed E-state index contributed by atoms with van der Waals surface area (Å²) in [7, 11) is 0. The lowest BCUT2D eigenvalue weighted by molar-refractivity contribution is -0.222. The Morgan fingerprint density at radius 2 is 1.82 bits per heavy atom. The highest BCUT2D eigenvalue weighted by molar-refractivity contribution is 6.19. The Balaban J connectivity index is 2.07. The van der Waals surface area contributed by atoms with E-state index in [4.69, 9.17) is 9.47 Å². The number of cyclic esters (lactones) is 2. The van der Waals surface area contributed by atoms with Gasteiger partial charge in [-0.15, -0.1) is 0 Å². The Kier molecular flexibility index (Phi) is 3.09. The van der Waals surface area contributed by atoms with E-state index >= 15 is 0 Å². The van der Waals surface area contributed by atoms with E-state index in [1.54, 1.807) is 30.5 Å². The maximum atomic E-state index is 11.9. The van der Waals surface area contributed by atoms with E-state index in [1.165, 1.54) is 19.9 Å². The van der Waals surface area contributed by atoms with Crippen LogP contribution >= 0.6 is 0 Å². The molecule has 3 rings (SSSR count). The van der Waals surface area contributed by atoms with Crippen molar-refractivity contribution < 1.29 is 24.2 Å². The van der Waals surface area contributed by atoms with Crippen molar-refractivity contribution >= 4 is 28.9 Å². The first-order chi connectivity index (χ1) is 10.4. The molecule has 0 spiro atoms. The van der Waals surface area contributed by atoms with Gasteiger partial charge in [-0.05, 0) is 12.1 Å². The van der Waals surface area contributed by atoms with E-state index < -0.39 is 17.7 Å². The number of pyridine rings is 1. The molecule has 0 saturated carbocycles. The third-order valence-corrected chi connectivity index (χ3v) is 3.20. The molecule has 112 valence electrons. The summed E-state index contributed by atoms with van der Waals surface area (Å²) in [6, 6.07) is 6.87. The molecule has 1 fully saturated rings. The minimum absolute atomic E-state index is 0.115. The number of carbonyl (C=O) groups excluding carboxylic acids is 2. The highest BCUT2D eigenvalue weighted by Crippen LogP contribution is 2.30. The molecule has 22 heavy (non-hydrogen) atoms. The molecule has 2 heterocycles. The monoisotopic (exact) mass is 299 g/mol. The summed E-state index contributed by atoms with van der Waals surface area (Å²) in [5.74, 6) is -2.99. The molecule has 1 N–H and O–H groups in total. The number of aromatic hydroxyl groups is 1. The standard InChI is InChI=1S/C16H13NO5/c1-16(2)21-14(19)11(15(20)22-16)8-10-6-5-9-4-3-7-17-12(9)13(10)18/h3-8,18H,1-2H3. The van der Waals surface area contributed by atoms with Crippen LogP contribution in [0, 0.1) is 0 Å². The van der Waals surface area contributed by atoms with Crippen LogP contribution < -0.4 is 0 Å². The molecule has 1 aliphatic rings. The van der Waals surface area contributed by atoms with Crippen LogP contribution in [0.25, 0.3) is 17.0 Å². The number of ether oxygens (including phenoxy) is 2. The van der Waals surface area contributed by atoms with Gasteiger partial charge >= 0.3 is 11.9 Å². The van der Waals surface area contributed by atoms with Crippen molar-refractivity contribution in [3.05, 3.63) is 41.6 Å². The molecule has 6 nitrogen and oxygen atoms in total. The molecular weight excluding hydrogens is 286 g/mol. The highest BCUT2D eigenvalue weighted by atomic mass is 16.7. The molecule has 0 amide bonds. The Bertz CT molecular complexity index is 800. The summed E-state index contributed by atoms with van der Waals surface area (Å²) in [4.78, 5) is 27.9. The second-order valence-electron chi connectivity index (χ2n) is 5.32. The van der Waals surface area contributed by atoms with Crippen LogP contribution in [-0.4, -0.2) is 27.8 Å². The van der Waals surface area contributed by atoms with Gasteiger partial charge in [-0.1, -0.05) is 18.2 Å². The van der Waals surface area contributed by atoms with Gasteiger partial charge in [0.25, 0.3) is 5.79 Å². The van der Waals surface area contributed by atoms with Crippen molar-refractivity contribution in [2.75, 3.05) is 0 Å². The Labute approximate surface area is 126 Å². The minimum Gasteiger partial charge on any atom is -0.505 e. The number of rotatable bonds is 1. The average Bonchev–Trinajstić information content (AvgIpc) is 2.44. The second-order valence-corrected chi connectivity index (χ2v) is 5.32. The number of benzene rings is 1. The van der Waals surface area contributed by atoms with Crippen LogP contribution in [0.15, 0.2) is 36.0 Å². The summed E-state index contributed by atoms with van der Waals surface area (Å²) in [6.07, 6.45) is 2.79. The number of aromatic nitrogens is 1. The predicted molar refractivity (Wildman–Crippen MR) is 77.6 cm³/mol. The summed E-state index contributed by atoms with van der Waals surface area (Å²) >= 11 is 0. The van der Waals surface area contributed by atoms with Crippen LogP contribution in [0.1, 0.15) is 19.4 Å². The number of phenols is 1. The van der Waals surface area contributed by atoms with Gasteiger partial charge in [0.15, 0.2) is 0 Å². The average molecular weight is 299 g/mol. The van der Waals surface area contributed by atoms with E-state index in [1.807, 2.05) is 0 Å². The zero-order valence-electron chi connectivity index (χ0n) is 12.0. The summed E-state index contributed by atoms with van der Waals surface area (Å²) < 4.78 is 10.0. The molecule has 2 aromatic rings. The zero-order chi connectivity index (χ0) is 15.9. The fourth-order valence-electron chi connectivity index (χ4n) is 2.20. The van der Waals surface area contributed by atoms with E-state index in [9.17, 15) is 14.7 Å². The lowest BCUT2D eigenvalue weighted by Crippen LogP contribution is -2.41. The van der Waals surface area contributed by atoms with Crippen LogP contribution in [0.5, 0.6) is 5.75 Å². The molecular formula is C16H13NO5. The van der Waals surface area contributed by atoms with Gasteiger partial charge in [-0.2, -0.15) is 0 Å². The third kappa shape index (κ3) is 2.39. The Morgan fingerprint density at radius 1 is 1.14 bits per heavy atom. The number of carbonyl (C=O) groups is 2. The zero-order valence-corrected chi connectivity index (χ0v) is 12.0. The molecule has 6 heteroatoms. The van der Waals surface area contributed by atoms with Crippen LogP contribution in [-0.2, 0) is 19.1 Å². The second kappa shape index (κ2) is 4.84. The van der Waals surface area contributed by atoms with Crippen molar-refractivity contribution in [2.45, 2.75) is 19.6 Å². The first-order valence-corrected chi connectivity index (χ1v) is 6.62. The number of hydrogen-bond acceptors (Lipinski definition) is 6. The van der Waals surface area contributed by atoms with Crippen molar-refractivity contribution in [2.24, 2.45) is 0 Å². The number of nitrogens with zero attached hydrogens (tertiary/aromatic N) is 1. The SMILES string of the molecule is CC1(C)OC(=O)C(=Cc2ccc3cccnc3c2O)C(=O)O1. The smallest absolute Gasteiger partial charge is 0.348 e. The number of fused-ring (bicyclic) bond motifs is 1. The Hall–Kier alpha value is -2.89. The minimum atomic E-state index is -1.29. The van der Waals surface area contributed by atoms with Gasteiger partial charge in [0, 0.05) is 31.0 Å². The maximum Gasteiger partial charge on any atom is 0.348 e. The fraction of sp³-hybridized carbons (Fsp3) is 0.188. The van der Waals surface area contributed by atoms with Gasteiger partial charge < -0.3 is 14.6 Å². The predicted octanol–water partition coefficient (Wildman–Crippen LogP) is 2.16. The fourth-order valence-corrected chi connectivity index (χ4v) is 2.20. The van der Waals surface area contributed by atoms with E-state index in [0.717, 1.165) is 5.39 Å². The summed E-state index contributed by atoms with van der Waals surface area (Å²) in [6.45, 7) is 2.94. The van der Waals surface area contributed by atoms with Gasteiger partial charge in [0.2, 0.25) is 0 Å². The molecule has 1 aromatic carbocycles. The number of esters is 2. The van der Waals surface area contributed by atoms with Gasteiger partial charge in [-0.3, -0.25) is 4.98 Å². The third-order valence-electron chi connectivity index (χ3n) is 3.20. The van der Waals surface area contributed by atoms with E-state index in [0.29, 0.717) is 5.52 Å². The number of hydrogen-bond donors (Lipinski definition) is 1. The first kappa shape index (κ1) is 14.1. The molecule has 0 atom stereocenters. The molecule has 1 aromatic heterocycles. The van der Waals surface area contributed by atoms with E-state index in [-0.39, 0.29) is 16.9 Å². The normalized spacial score (nSPS) is 17.1. The molecule has 1 aliphatic heterocycles. The number of phenolic OH excluding ortho intramolecular Hbond substituents is 1. The highest BCUT2D eigenvalue weighted by Gasteiger charge is 2.39. The van der Waals surface area contributed by atoms with Crippen molar-refractivity contribution in [3.8, 4) is 5.75 Å². The van der Waals surface area contributed by atoms with Gasteiger partial charge in [0.1, 0.15) is 16.8 Å². The molecule has 1 saturated heterocycles. The lowest BCUT2D eigenvalue weighted by atomic mass is 10.1. The van der Waals surface area contributed by atoms with E-state index in [2.05, 4.69) is 4.98 Å². The maximum absolute atomic E-state index is 11.9. The Morgan fingerprint density at radius 3 is 2.50 bits per heavy atom. The summed E-state index contributed by atoms with van der Waals surface area (Å²) in [5.41, 5.74) is 0.398. The van der Waals surface area contributed by atoms with Crippen LogP contribution in [0.3, 0.4) is 0 Å². The van der Waals surface area contributed by atoms with Crippen molar-refractivity contribution in [3.63, 3.8) is 0 Å². The molecule has 0 unspecified atom stereocenters. The topological polar surface area (TPSA) is 85.7 Å². The van der Waals surface area contributed by atoms with Gasteiger partial charge in [-0.25, -0.2) is 9.59 Å². The van der Waals surface area contributed by atoms with Crippen LogP contribution in [0.2, 0.25) is 0 Å². The molecule has 0 bridgehead atoms. The lowest BCUT2D eigenvalue weighted by Gasteiger charge is -2.29. The molecule has 0 radical (unpaired) electrons. The molecule has 0 aliphatic carbocycles. The van der Waals surface area contributed by atoms with Gasteiger partial charge in [0.05, 0.1) is 0 Å². The van der Waals surface area contributed by atoms with Crippen molar-refractivity contribution in [1.82, 2.24) is 4.98 Å². The van der Waals surface area contributed by atoms with Crippen molar-refractivity contribution in [1.29, 1.82) is 0 Å². The summed E-state index contributed by atoms with van der Waals surface area (Å²) in [5, 5.41) is 11.0.